The van der Waals surface area contributed by atoms with Crippen molar-refractivity contribution < 1.29 is 18.3 Å². The zero-order valence-corrected chi connectivity index (χ0v) is 10.5. The molecule has 1 rings (SSSR count). The Bertz CT molecular complexity index is 424. The quantitative estimate of drug-likeness (QED) is 0.836. The van der Waals surface area contributed by atoms with Gasteiger partial charge in [0.05, 0.1) is 12.4 Å². The highest BCUT2D eigenvalue weighted by atomic mass is 19.1. The molecule has 1 heterocycles. The minimum absolute atomic E-state index is 0.261. The van der Waals surface area contributed by atoms with E-state index in [2.05, 4.69) is 4.98 Å². The second-order valence-electron chi connectivity index (χ2n) is 4.93. The van der Waals surface area contributed by atoms with Crippen molar-refractivity contribution in [3.05, 3.63) is 29.6 Å². The van der Waals surface area contributed by atoms with E-state index in [1.807, 2.05) is 0 Å². The molecule has 18 heavy (non-hydrogen) atoms. The lowest BCUT2D eigenvalue weighted by Crippen LogP contribution is -2.39. The minimum Gasteiger partial charge on any atom is -0.459 e. The van der Waals surface area contributed by atoms with Crippen LogP contribution in [0.2, 0.25) is 0 Å². The first-order valence-electron chi connectivity index (χ1n) is 5.47. The van der Waals surface area contributed by atoms with Crippen LogP contribution in [0.1, 0.15) is 26.3 Å². The van der Waals surface area contributed by atoms with E-state index in [4.69, 9.17) is 10.5 Å². The predicted octanol–water partition coefficient (Wildman–Crippen LogP) is 1.57. The molecule has 0 radical (unpaired) electrons. The SMILES string of the molecule is CC(C)(C)OC(=O)C(N)Cc1c(F)cncc1F. The maximum absolute atomic E-state index is 13.3. The highest BCUT2D eigenvalue weighted by molar-refractivity contribution is 5.76. The van der Waals surface area contributed by atoms with E-state index >= 15 is 0 Å². The van der Waals surface area contributed by atoms with Crippen LogP contribution in [-0.4, -0.2) is 22.6 Å². The number of hydrogen-bond acceptors (Lipinski definition) is 4. The fourth-order valence-corrected chi connectivity index (χ4v) is 1.31. The lowest BCUT2D eigenvalue weighted by molar-refractivity contribution is -0.156. The number of hydrogen-bond donors (Lipinski definition) is 1. The van der Waals surface area contributed by atoms with Crippen LogP contribution in [0.25, 0.3) is 0 Å². The highest BCUT2D eigenvalue weighted by Gasteiger charge is 2.24. The topological polar surface area (TPSA) is 65.2 Å². The third-order valence-corrected chi connectivity index (χ3v) is 2.09. The maximum atomic E-state index is 13.3. The molecule has 1 aromatic rings. The Labute approximate surface area is 104 Å². The van der Waals surface area contributed by atoms with E-state index in [0.29, 0.717) is 0 Å². The van der Waals surface area contributed by atoms with Gasteiger partial charge in [0.1, 0.15) is 23.3 Å². The lowest BCUT2D eigenvalue weighted by atomic mass is 10.1. The largest absolute Gasteiger partial charge is 0.459 e. The summed E-state index contributed by atoms with van der Waals surface area (Å²) in [6.07, 6.45) is 1.48. The van der Waals surface area contributed by atoms with E-state index in [1.54, 1.807) is 20.8 Å². The monoisotopic (exact) mass is 258 g/mol. The van der Waals surface area contributed by atoms with Gasteiger partial charge < -0.3 is 10.5 Å². The van der Waals surface area contributed by atoms with Crippen molar-refractivity contribution in [2.45, 2.75) is 38.8 Å². The van der Waals surface area contributed by atoms with Gasteiger partial charge in [-0.05, 0) is 20.8 Å². The summed E-state index contributed by atoms with van der Waals surface area (Å²) >= 11 is 0. The van der Waals surface area contributed by atoms with Gasteiger partial charge in [-0.1, -0.05) is 0 Å². The summed E-state index contributed by atoms with van der Waals surface area (Å²) in [5, 5.41) is 0. The van der Waals surface area contributed by atoms with Crippen LogP contribution in [0.3, 0.4) is 0 Å². The molecule has 6 heteroatoms. The summed E-state index contributed by atoms with van der Waals surface area (Å²) in [6.45, 7) is 5.06. The number of halogens is 2. The molecule has 2 N–H and O–H groups in total. The number of carbonyl (C=O) groups excluding carboxylic acids is 1. The molecule has 1 atom stereocenters. The Morgan fingerprint density at radius 2 is 1.89 bits per heavy atom. The molecular weight excluding hydrogens is 242 g/mol. The molecular formula is C12H16F2N2O2. The number of pyridine rings is 1. The molecule has 100 valence electrons. The Kier molecular flexibility index (Phi) is 4.34. The van der Waals surface area contributed by atoms with Crippen molar-refractivity contribution in [1.82, 2.24) is 4.98 Å². The summed E-state index contributed by atoms with van der Waals surface area (Å²) in [5.41, 5.74) is 4.61. The molecule has 0 aliphatic heterocycles. The van der Waals surface area contributed by atoms with Crippen molar-refractivity contribution in [2.75, 3.05) is 0 Å². The number of rotatable bonds is 3. The van der Waals surface area contributed by atoms with Crippen LogP contribution < -0.4 is 5.73 Å². The molecule has 0 bridgehead atoms. The van der Waals surface area contributed by atoms with Gasteiger partial charge in [0.15, 0.2) is 0 Å². The molecule has 0 saturated carbocycles. The Balaban J connectivity index is 2.76. The van der Waals surface area contributed by atoms with Crippen LogP contribution in [0.5, 0.6) is 0 Å². The number of nitrogens with zero attached hydrogens (tertiary/aromatic N) is 1. The van der Waals surface area contributed by atoms with Crippen molar-refractivity contribution >= 4 is 5.97 Å². The van der Waals surface area contributed by atoms with Crippen molar-refractivity contribution in [3.63, 3.8) is 0 Å². The first-order valence-corrected chi connectivity index (χ1v) is 5.47. The first kappa shape index (κ1) is 14.5. The predicted molar refractivity (Wildman–Crippen MR) is 61.7 cm³/mol. The van der Waals surface area contributed by atoms with E-state index in [0.717, 1.165) is 12.4 Å². The van der Waals surface area contributed by atoms with Gasteiger partial charge in [-0.15, -0.1) is 0 Å². The van der Waals surface area contributed by atoms with E-state index in [9.17, 15) is 13.6 Å². The van der Waals surface area contributed by atoms with Crippen LogP contribution in [0.15, 0.2) is 12.4 Å². The summed E-state index contributed by atoms with van der Waals surface area (Å²) in [4.78, 5) is 14.9. The van der Waals surface area contributed by atoms with Crippen molar-refractivity contribution in [3.8, 4) is 0 Å². The standard InChI is InChI=1S/C12H16F2N2O2/c1-12(2,3)18-11(17)10(15)4-7-8(13)5-16-6-9(7)14/h5-6,10H,4,15H2,1-3H3. The molecule has 0 fully saturated rings. The Hall–Kier alpha value is -1.56. The molecule has 0 saturated heterocycles. The van der Waals surface area contributed by atoms with Crippen molar-refractivity contribution in [1.29, 1.82) is 0 Å². The average Bonchev–Trinajstić information content (AvgIpc) is 2.21. The average molecular weight is 258 g/mol. The highest BCUT2D eigenvalue weighted by Crippen LogP contribution is 2.14. The normalized spacial score (nSPS) is 13.2. The lowest BCUT2D eigenvalue weighted by Gasteiger charge is -2.22. The van der Waals surface area contributed by atoms with Gasteiger partial charge in [0, 0.05) is 12.0 Å². The van der Waals surface area contributed by atoms with E-state index < -0.39 is 29.2 Å². The Morgan fingerprint density at radius 1 is 1.39 bits per heavy atom. The molecule has 0 spiro atoms. The summed E-state index contributed by atoms with van der Waals surface area (Å²) in [5.74, 6) is -2.35. The van der Waals surface area contributed by atoms with Gasteiger partial charge in [-0.2, -0.15) is 0 Å². The summed E-state index contributed by atoms with van der Waals surface area (Å²) in [6, 6.07) is -1.12. The molecule has 0 aliphatic rings. The zero-order chi connectivity index (χ0) is 13.9. The van der Waals surface area contributed by atoms with Gasteiger partial charge in [0.25, 0.3) is 0 Å². The van der Waals surface area contributed by atoms with E-state index in [-0.39, 0.29) is 12.0 Å². The van der Waals surface area contributed by atoms with Crippen LogP contribution in [0, 0.1) is 11.6 Å². The van der Waals surface area contributed by atoms with Crippen LogP contribution >= 0.6 is 0 Å². The minimum atomic E-state index is -1.12. The summed E-state index contributed by atoms with van der Waals surface area (Å²) < 4.78 is 31.6. The maximum Gasteiger partial charge on any atom is 0.323 e. The molecule has 1 aromatic heterocycles. The third kappa shape index (κ3) is 4.03. The van der Waals surface area contributed by atoms with Gasteiger partial charge >= 0.3 is 5.97 Å². The molecule has 1 unspecified atom stereocenters. The van der Waals surface area contributed by atoms with Crippen LogP contribution in [-0.2, 0) is 16.0 Å². The molecule has 0 aliphatic carbocycles. The molecule has 0 amide bonds. The fraction of sp³-hybridized carbons (Fsp3) is 0.500. The van der Waals surface area contributed by atoms with Gasteiger partial charge in [-0.25, -0.2) is 8.78 Å². The number of esters is 1. The smallest absolute Gasteiger partial charge is 0.323 e. The van der Waals surface area contributed by atoms with Crippen molar-refractivity contribution in [2.24, 2.45) is 5.73 Å². The Morgan fingerprint density at radius 3 is 2.33 bits per heavy atom. The third-order valence-electron chi connectivity index (χ3n) is 2.09. The fourth-order valence-electron chi connectivity index (χ4n) is 1.31. The van der Waals surface area contributed by atoms with Gasteiger partial charge in [-0.3, -0.25) is 9.78 Å². The summed E-state index contributed by atoms with van der Waals surface area (Å²) in [7, 11) is 0. The number of nitrogens with two attached hydrogens (primary N) is 1. The second kappa shape index (κ2) is 5.39. The van der Waals surface area contributed by atoms with E-state index in [1.165, 1.54) is 0 Å². The number of aromatic nitrogens is 1. The first-order chi connectivity index (χ1) is 8.20. The zero-order valence-electron chi connectivity index (χ0n) is 10.5. The van der Waals surface area contributed by atoms with Crippen LogP contribution in [0.4, 0.5) is 8.78 Å². The molecule has 4 nitrogen and oxygen atoms in total. The number of ether oxygens (including phenoxy) is 1. The van der Waals surface area contributed by atoms with Gasteiger partial charge in [0.2, 0.25) is 0 Å². The molecule has 0 aromatic carbocycles. The second-order valence-corrected chi connectivity index (χ2v) is 4.93. The number of carbonyl (C=O) groups is 1.